The summed E-state index contributed by atoms with van der Waals surface area (Å²) in [7, 11) is 0. The molecule has 1 N–H and O–H groups in total. The summed E-state index contributed by atoms with van der Waals surface area (Å²) in [5, 5.41) is 2.66. The Morgan fingerprint density at radius 1 is 1.50 bits per heavy atom. The number of aryl methyl sites for hydroxylation is 1. The number of hydrogen-bond donors (Lipinski definition) is 1. The lowest BCUT2D eigenvalue weighted by Gasteiger charge is -1.99. The molecule has 0 aliphatic carbocycles. The maximum Gasteiger partial charge on any atom is 0.314 e. The summed E-state index contributed by atoms with van der Waals surface area (Å²) in [6.07, 6.45) is 0. The summed E-state index contributed by atoms with van der Waals surface area (Å²) in [4.78, 5) is 4.24. The zero-order chi connectivity index (χ0) is 10.1. The average Bonchev–Trinajstić information content (AvgIpc) is 2.57. The maximum atomic E-state index is 4.85. The largest absolute Gasteiger partial charge is 0.348 e. The molecule has 0 spiro atoms. The second-order valence-electron chi connectivity index (χ2n) is 2.89. The molecule has 1 aromatic heterocycles. The van der Waals surface area contributed by atoms with Gasteiger partial charge in [-0.05, 0) is 30.8 Å². The van der Waals surface area contributed by atoms with Crippen LogP contribution < -0.4 is 0 Å². The number of nitrogens with zero attached hydrogens (tertiary/aromatic N) is 1. The molecule has 3 nitrogen and oxygen atoms in total. The molecule has 5 heteroatoms. The van der Waals surface area contributed by atoms with Crippen LogP contribution in [0.15, 0.2) is 27.2 Å². The molecular weight excluding hydrogens is 264 g/mol. The first-order valence-corrected chi connectivity index (χ1v) is 5.19. The molecule has 1 aromatic carbocycles. The molecule has 0 aliphatic heterocycles. The van der Waals surface area contributed by atoms with Gasteiger partial charge in [-0.25, -0.2) is 5.16 Å². The van der Waals surface area contributed by atoms with Gasteiger partial charge < -0.3 is 4.52 Å². The molecule has 1 heterocycles. The van der Waals surface area contributed by atoms with Gasteiger partial charge in [-0.2, -0.15) is 4.98 Å². The highest BCUT2D eigenvalue weighted by atomic mass is 79.9. The summed E-state index contributed by atoms with van der Waals surface area (Å²) in [5.74, 6) is 0.649. The van der Waals surface area contributed by atoms with Crippen molar-refractivity contribution < 1.29 is 4.52 Å². The predicted octanol–water partition coefficient (Wildman–Crippen LogP) is 3.47. The summed E-state index contributed by atoms with van der Waals surface area (Å²) >= 11 is 8.22. The van der Waals surface area contributed by atoms with Gasteiger partial charge in [0.25, 0.3) is 0 Å². The summed E-state index contributed by atoms with van der Waals surface area (Å²) in [6.45, 7) is 2.03. The van der Waals surface area contributed by atoms with Crippen LogP contribution in [0.1, 0.15) is 5.56 Å². The van der Waals surface area contributed by atoms with Crippen LogP contribution in [0.25, 0.3) is 11.4 Å². The van der Waals surface area contributed by atoms with Crippen molar-refractivity contribution in [2.45, 2.75) is 6.92 Å². The number of rotatable bonds is 1. The molecule has 14 heavy (non-hydrogen) atoms. The van der Waals surface area contributed by atoms with Crippen LogP contribution in [0.5, 0.6) is 0 Å². The van der Waals surface area contributed by atoms with E-state index in [9.17, 15) is 0 Å². The van der Waals surface area contributed by atoms with Gasteiger partial charge >= 0.3 is 4.84 Å². The van der Waals surface area contributed by atoms with Crippen molar-refractivity contribution in [1.82, 2.24) is 10.1 Å². The third kappa shape index (κ3) is 1.78. The Hall–Kier alpha value is -0.940. The van der Waals surface area contributed by atoms with Crippen LogP contribution >= 0.6 is 28.1 Å². The molecule has 2 rings (SSSR count). The highest BCUT2D eigenvalue weighted by molar-refractivity contribution is 9.10. The van der Waals surface area contributed by atoms with Crippen LogP contribution in [-0.2, 0) is 0 Å². The van der Waals surface area contributed by atoms with Crippen molar-refractivity contribution in [3.05, 3.63) is 33.1 Å². The zero-order valence-corrected chi connectivity index (χ0v) is 9.78. The quantitative estimate of drug-likeness (QED) is 0.807. The van der Waals surface area contributed by atoms with E-state index < -0.39 is 0 Å². The molecule has 0 aliphatic rings. The molecular formula is C9H7BrN2OS. The Morgan fingerprint density at radius 2 is 2.29 bits per heavy atom. The lowest BCUT2D eigenvalue weighted by molar-refractivity contribution is 0.406. The van der Waals surface area contributed by atoms with Crippen molar-refractivity contribution >= 4 is 28.1 Å². The van der Waals surface area contributed by atoms with Gasteiger partial charge in [-0.15, -0.1) is 0 Å². The van der Waals surface area contributed by atoms with Gasteiger partial charge in [0.2, 0.25) is 0 Å². The number of aromatic amines is 1. The normalized spacial score (nSPS) is 10.4. The third-order valence-electron chi connectivity index (χ3n) is 1.88. The fraction of sp³-hybridized carbons (Fsp3) is 0.111. The minimum absolute atomic E-state index is 0.219. The average molecular weight is 271 g/mol. The van der Waals surface area contributed by atoms with Crippen molar-refractivity contribution in [3.8, 4) is 11.4 Å². The molecule has 0 saturated carbocycles. The van der Waals surface area contributed by atoms with Gasteiger partial charge in [0.05, 0.1) is 0 Å². The SMILES string of the molecule is Cc1ccc(-c2nc(=S)o[nH]2)cc1Br. The Kier molecular flexibility index (Phi) is 2.52. The number of benzene rings is 1. The van der Waals surface area contributed by atoms with E-state index in [1.165, 1.54) is 5.56 Å². The van der Waals surface area contributed by atoms with E-state index in [1.54, 1.807) is 0 Å². The van der Waals surface area contributed by atoms with Crippen LogP contribution in [0, 0.1) is 11.8 Å². The molecule has 0 saturated heterocycles. The first-order chi connectivity index (χ1) is 6.66. The lowest BCUT2D eigenvalue weighted by Crippen LogP contribution is -1.82. The lowest BCUT2D eigenvalue weighted by atomic mass is 10.1. The molecule has 0 bridgehead atoms. The first kappa shape index (κ1) is 9.61. The van der Waals surface area contributed by atoms with Gasteiger partial charge in [-0.1, -0.05) is 28.1 Å². The van der Waals surface area contributed by atoms with Gasteiger partial charge in [0.1, 0.15) is 0 Å². The van der Waals surface area contributed by atoms with Crippen molar-refractivity contribution in [2.75, 3.05) is 0 Å². The smallest absolute Gasteiger partial charge is 0.314 e. The Balaban J connectivity index is 2.52. The molecule has 72 valence electrons. The topological polar surface area (TPSA) is 41.8 Å². The van der Waals surface area contributed by atoms with Gasteiger partial charge in [0, 0.05) is 10.0 Å². The Labute approximate surface area is 94.3 Å². The fourth-order valence-corrected chi connectivity index (χ4v) is 1.60. The fourth-order valence-electron chi connectivity index (χ4n) is 1.09. The maximum absolute atomic E-state index is 4.85. The van der Waals surface area contributed by atoms with E-state index in [4.69, 9.17) is 16.7 Å². The van der Waals surface area contributed by atoms with E-state index in [-0.39, 0.29) is 4.84 Å². The number of H-pyrrole nitrogens is 1. The molecule has 2 aromatic rings. The summed E-state index contributed by atoms with van der Waals surface area (Å²) in [6, 6.07) is 5.94. The van der Waals surface area contributed by atoms with E-state index in [2.05, 4.69) is 26.1 Å². The minimum Gasteiger partial charge on any atom is -0.348 e. The molecule has 0 atom stereocenters. The second-order valence-corrected chi connectivity index (χ2v) is 4.10. The predicted molar refractivity (Wildman–Crippen MR) is 59.6 cm³/mol. The minimum atomic E-state index is 0.219. The Morgan fingerprint density at radius 3 is 2.86 bits per heavy atom. The zero-order valence-electron chi connectivity index (χ0n) is 7.37. The molecule has 0 amide bonds. The molecule has 0 fully saturated rings. The molecule has 0 radical (unpaired) electrons. The van der Waals surface area contributed by atoms with Crippen LogP contribution in [0.2, 0.25) is 0 Å². The summed E-state index contributed by atoms with van der Waals surface area (Å²) < 4.78 is 5.89. The van der Waals surface area contributed by atoms with Gasteiger partial charge in [-0.3, -0.25) is 0 Å². The number of aromatic nitrogens is 2. The highest BCUT2D eigenvalue weighted by Gasteiger charge is 2.03. The van der Waals surface area contributed by atoms with Crippen LogP contribution in [0.4, 0.5) is 0 Å². The standard InChI is InChI=1S/C9H7BrN2OS/c1-5-2-3-6(4-7(5)10)8-11-9(14)13-12-8/h2-4H,1H3,(H,11,12,14). The van der Waals surface area contributed by atoms with Crippen molar-refractivity contribution in [3.63, 3.8) is 0 Å². The summed E-state index contributed by atoms with van der Waals surface area (Å²) in [5.41, 5.74) is 2.12. The molecule has 0 unspecified atom stereocenters. The van der Waals surface area contributed by atoms with Crippen LogP contribution in [-0.4, -0.2) is 10.1 Å². The first-order valence-electron chi connectivity index (χ1n) is 3.99. The highest BCUT2D eigenvalue weighted by Crippen LogP contribution is 2.23. The number of nitrogens with one attached hydrogen (secondary N) is 1. The van der Waals surface area contributed by atoms with Crippen molar-refractivity contribution in [2.24, 2.45) is 0 Å². The number of halogens is 1. The van der Waals surface area contributed by atoms with E-state index in [0.29, 0.717) is 5.82 Å². The monoisotopic (exact) mass is 270 g/mol. The van der Waals surface area contributed by atoms with Gasteiger partial charge in [0.15, 0.2) is 5.82 Å². The third-order valence-corrected chi connectivity index (χ3v) is 2.91. The van der Waals surface area contributed by atoms with Crippen molar-refractivity contribution in [1.29, 1.82) is 0 Å². The Bertz CT molecular complexity index is 518. The van der Waals surface area contributed by atoms with E-state index in [1.807, 2.05) is 25.1 Å². The van der Waals surface area contributed by atoms with E-state index >= 15 is 0 Å². The number of hydrogen-bond acceptors (Lipinski definition) is 3. The van der Waals surface area contributed by atoms with E-state index in [0.717, 1.165) is 10.0 Å². The second kappa shape index (κ2) is 3.67. The van der Waals surface area contributed by atoms with Crippen LogP contribution in [0.3, 0.4) is 0 Å².